The van der Waals surface area contributed by atoms with Crippen molar-refractivity contribution in [3.05, 3.63) is 5.51 Å². The summed E-state index contributed by atoms with van der Waals surface area (Å²) in [5, 5.41) is 15.4. The van der Waals surface area contributed by atoms with E-state index in [4.69, 9.17) is 5.11 Å². The maximum Gasteiger partial charge on any atom is 0.316 e. The molecule has 0 aliphatic rings. The van der Waals surface area contributed by atoms with Gasteiger partial charge in [0.2, 0.25) is 0 Å². The normalized spacial score (nSPS) is 12.8. The van der Waals surface area contributed by atoms with E-state index in [0.29, 0.717) is 4.34 Å². The van der Waals surface area contributed by atoms with Crippen LogP contribution in [0.5, 0.6) is 0 Å². The van der Waals surface area contributed by atoms with Crippen LogP contribution >= 0.6 is 23.1 Å². The predicted molar refractivity (Wildman–Crippen MR) is 42.9 cm³/mol. The number of carboxylic acid groups (broad SMARTS) is 1. The van der Waals surface area contributed by atoms with Gasteiger partial charge >= 0.3 is 5.97 Å². The van der Waals surface area contributed by atoms with Crippen molar-refractivity contribution in [2.45, 2.75) is 16.5 Å². The number of nitrogens with zero attached hydrogens (tertiary/aromatic N) is 2. The maximum absolute atomic E-state index is 10.4. The number of carboxylic acids is 1. The highest BCUT2D eigenvalue weighted by Gasteiger charge is 2.13. The molecule has 0 saturated carbocycles. The highest BCUT2D eigenvalue weighted by atomic mass is 32.2. The number of aliphatic carboxylic acids is 1. The Kier molecular flexibility index (Phi) is 2.84. The van der Waals surface area contributed by atoms with Crippen LogP contribution in [0.15, 0.2) is 9.85 Å². The minimum Gasteiger partial charge on any atom is -0.480 e. The summed E-state index contributed by atoms with van der Waals surface area (Å²) in [7, 11) is 0. The van der Waals surface area contributed by atoms with E-state index in [2.05, 4.69) is 10.2 Å². The van der Waals surface area contributed by atoms with E-state index in [1.54, 1.807) is 12.4 Å². The quantitative estimate of drug-likeness (QED) is 0.723. The summed E-state index contributed by atoms with van der Waals surface area (Å²) in [6.45, 7) is 1.62. The van der Waals surface area contributed by atoms with Gasteiger partial charge in [0.05, 0.1) is 0 Å². The second kappa shape index (κ2) is 3.68. The first kappa shape index (κ1) is 8.48. The topological polar surface area (TPSA) is 63.1 Å². The fourth-order valence-electron chi connectivity index (χ4n) is 0.416. The number of carbonyl (C=O) groups is 1. The summed E-state index contributed by atoms with van der Waals surface area (Å²) in [6, 6.07) is 0. The van der Waals surface area contributed by atoms with Gasteiger partial charge in [-0.1, -0.05) is 23.1 Å². The van der Waals surface area contributed by atoms with Crippen LogP contribution in [0.2, 0.25) is 0 Å². The second-order valence-electron chi connectivity index (χ2n) is 1.80. The van der Waals surface area contributed by atoms with Gasteiger partial charge in [0.25, 0.3) is 0 Å². The molecule has 4 nitrogen and oxygen atoms in total. The Morgan fingerprint density at radius 1 is 1.91 bits per heavy atom. The molecule has 0 aliphatic heterocycles. The highest BCUT2D eigenvalue weighted by Crippen LogP contribution is 2.23. The lowest BCUT2D eigenvalue weighted by Crippen LogP contribution is -2.10. The number of thioether (sulfide) groups is 1. The molecule has 0 amide bonds. The Labute approximate surface area is 71.7 Å². The summed E-state index contributed by atoms with van der Waals surface area (Å²) < 4.78 is 0.694. The summed E-state index contributed by atoms with van der Waals surface area (Å²) in [6.07, 6.45) is 0. The Balaban J connectivity index is 2.50. The summed E-state index contributed by atoms with van der Waals surface area (Å²) in [5.41, 5.74) is 1.58. The van der Waals surface area contributed by atoms with E-state index in [-0.39, 0.29) is 0 Å². The standard InChI is InChI=1S/C5H6N2O2S2/c1-3(4(8)9)11-5-7-6-2-10-5/h2-3H,1H3,(H,8,9)/t3-/m1/s1. The lowest BCUT2D eigenvalue weighted by molar-refractivity contribution is -0.136. The smallest absolute Gasteiger partial charge is 0.316 e. The van der Waals surface area contributed by atoms with Gasteiger partial charge in [-0.05, 0) is 6.92 Å². The number of aromatic nitrogens is 2. The van der Waals surface area contributed by atoms with E-state index < -0.39 is 11.2 Å². The van der Waals surface area contributed by atoms with E-state index in [9.17, 15) is 4.79 Å². The summed E-state index contributed by atoms with van der Waals surface area (Å²) >= 11 is 2.55. The molecule has 1 aromatic heterocycles. The van der Waals surface area contributed by atoms with Crippen LogP contribution in [0.25, 0.3) is 0 Å². The van der Waals surface area contributed by atoms with Gasteiger partial charge in [-0.3, -0.25) is 4.79 Å². The lowest BCUT2D eigenvalue weighted by Gasteiger charge is -1.99. The molecular formula is C5H6N2O2S2. The van der Waals surface area contributed by atoms with Crippen molar-refractivity contribution in [3.63, 3.8) is 0 Å². The first-order valence-corrected chi connectivity index (χ1v) is 4.61. The van der Waals surface area contributed by atoms with Crippen LogP contribution in [0.4, 0.5) is 0 Å². The van der Waals surface area contributed by atoms with Gasteiger partial charge in [0.15, 0.2) is 4.34 Å². The first-order chi connectivity index (χ1) is 5.20. The molecule has 0 aromatic carbocycles. The molecule has 1 N–H and O–H groups in total. The van der Waals surface area contributed by atoms with Crippen molar-refractivity contribution in [3.8, 4) is 0 Å². The second-order valence-corrected chi connectivity index (χ2v) is 4.22. The molecule has 0 spiro atoms. The minimum atomic E-state index is -0.829. The van der Waals surface area contributed by atoms with Crippen LogP contribution in [0.3, 0.4) is 0 Å². The van der Waals surface area contributed by atoms with Crippen molar-refractivity contribution in [2.24, 2.45) is 0 Å². The molecule has 11 heavy (non-hydrogen) atoms. The van der Waals surface area contributed by atoms with Crippen LogP contribution in [0, 0.1) is 0 Å². The molecule has 0 bridgehead atoms. The zero-order chi connectivity index (χ0) is 8.27. The molecule has 1 atom stereocenters. The van der Waals surface area contributed by atoms with E-state index in [1.807, 2.05) is 0 Å². The number of hydrogen-bond acceptors (Lipinski definition) is 5. The van der Waals surface area contributed by atoms with Gasteiger partial charge < -0.3 is 5.11 Å². The Bertz CT molecular complexity index is 237. The van der Waals surface area contributed by atoms with Gasteiger partial charge in [-0.2, -0.15) is 0 Å². The average molecular weight is 190 g/mol. The third kappa shape index (κ3) is 2.47. The molecule has 0 fully saturated rings. The zero-order valence-corrected chi connectivity index (χ0v) is 7.35. The van der Waals surface area contributed by atoms with Gasteiger partial charge in [0, 0.05) is 0 Å². The number of rotatable bonds is 3. The molecular weight excluding hydrogens is 184 g/mol. The maximum atomic E-state index is 10.4. The van der Waals surface area contributed by atoms with Crippen LogP contribution < -0.4 is 0 Å². The van der Waals surface area contributed by atoms with Crippen molar-refractivity contribution in [1.82, 2.24) is 10.2 Å². The number of hydrogen-bond donors (Lipinski definition) is 1. The molecule has 0 radical (unpaired) electrons. The van der Waals surface area contributed by atoms with E-state index in [1.165, 1.54) is 23.1 Å². The van der Waals surface area contributed by atoms with E-state index >= 15 is 0 Å². The predicted octanol–water partition coefficient (Wildman–Crippen LogP) is 1.10. The van der Waals surface area contributed by atoms with Crippen molar-refractivity contribution in [1.29, 1.82) is 0 Å². The fraction of sp³-hybridized carbons (Fsp3) is 0.400. The first-order valence-electron chi connectivity index (χ1n) is 2.86. The Hall–Kier alpha value is -0.620. The Morgan fingerprint density at radius 2 is 2.64 bits per heavy atom. The molecule has 0 aliphatic carbocycles. The van der Waals surface area contributed by atoms with Crippen molar-refractivity contribution >= 4 is 29.1 Å². The van der Waals surface area contributed by atoms with E-state index in [0.717, 1.165) is 0 Å². The summed E-state index contributed by atoms with van der Waals surface area (Å²) in [5.74, 6) is -0.829. The van der Waals surface area contributed by atoms with Crippen LogP contribution in [-0.4, -0.2) is 26.5 Å². The Morgan fingerprint density at radius 3 is 3.09 bits per heavy atom. The zero-order valence-electron chi connectivity index (χ0n) is 5.72. The molecule has 1 rings (SSSR count). The lowest BCUT2D eigenvalue weighted by atomic mass is 10.5. The van der Waals surface area contributed by atoms with Gasteiger partial charge in [-0.25, -0.2) is 0 Å². The third-order valence-corrected chi connectivity index (χ3v) is 2.86. The molecule has 1 heterocycles. The average Bonchev–Trinajstić information content (AvgIpc) is 2.39. The van der Waals surface area contributed by atoms with Crippen LogP contribution in [-0.2, 0) is 4.79 Å². The molecule has 60 valence electrons. The van der Waals surface area contributed by atoms with Crippen molar-refractivity contribution < 1.29 is 9.90 Å². The molecule has 0 unspecified atom stereocenters. The van der Waals surface area contributed by atoms with Crippen LogP contribution in [0.1, 0.15) is 6.92 Å². The third-order valence-electron chi connectivity index (χ3n) is 0.965. The molecule has 6 heteroatoms. The summed E-state index contributed by atoms with van der Waals surface area (Å²) in [4.78, 5) is 10.4. The minimum absolute atomic E-state index is 0.456. The molecule has 0 saturated heterocycles. The van der Waals surface area contributed by atoms with Gasteiger partial charge in [0.1, 0.15) is 10.8 Å². The molecule has 1 aromatic rings. The van der Waals surface area contributed by atoms with Gasteiger partial charge in [-0.15, -0.1) is 10.2 Å². The SMILES string of the molecule is C[C@@H](Sc1nncs1)C(=O)O. The monoisotopic (exact) mass is 190 g/mol. The highest BCUT2D eigenvalue weighted by molar-refractivity contribution is 8.02. The van der Waals surface area contributed by atoms with Crippen molar-refractivity contribution in [2.75, 3.05) is 0 Å². The fourth-order valence-corrected chi connectivity index (χ4v) is 1.98. The largest absolute Gasteiger partial charge is 0.480 e.